The predicted octanol–water partition coefficient (Wildman–Crippen LogP) is 2.34. The summed E-state index contributed by atoms with van der Waals surface area (Å²) >= 11 is 0. The van der Waals surface area contributed by atoms with Gasteiger partial charge in [-0.3, -0.25) is 14.4 Å². The van der Waals surface area contributed by atoms with Gasteiger partial charge in [0.1, 0.15) is 0 Å². The molecular formula is C23H27N3O6. The van der Waals surface area contributed by atoms with Gasteiger partial charge in [-0.2, -0.15) is 0 Å². The topological polar surface area (TPSA) is 106 Å². The molecule has 3 amide bonds. The highest BCUT2D eigenvalue weighted by molar-refractivity contribution is 6.01. The third kappa shape index (κ3) is 5.11. The van der Waals surface area contributed by atoms with Crippen molar-refractivity contribution in [2.75, 3.05) is 38.1 Å². The van der Waals surface area contributed by atoms with E-state index in [2.05, 4.69) is 10.6 Å². The van der Waals surface area contributed by atoms with Gasteiger partial charge in [0.2, 0.25) is 23.5 Å². The van der Waals surface area contributed by atoms with E-state index in [1.807, 2.05) is 0 Å². The fourth-order valence-corrected chi connectivity index (χ4v) is 3.66. The first-order chi connectivity index (χ1) is 15.4. The third-order valence-corrected chi connectivity index (χ3v) is 5.17. The Kier molecular flexibility index (Phi) is 7.19. The summed E-state index contributed by atoms with van der Waals surface area (Å²) < 4.78 is 16.0. The summed E-state index contributed by atoms with van der Waals surface area (Å²) in [5.41, 5.74) is 2.01. The van der Waals surface area contributed by atoms with Gasteiger partial charge in [0.05, 0.1) is 27.2 Å². The van der Waals surface area contributed by atoms with E-state index in [0.29, 0.717) is 28.6 Å². The SMILES string of the molecule is COc1cc(CNC(=O)[C@H]2CC(=O)N(c3cccc(NC(C)=O)c3)C2)cc(OC)c1OC. The summed E-state index contributed by atoms with van der Waals surface area (Å²) in [5.74, 6) is 0.441. The number of carbonyl (C=O) groups excluding carboxylic acids is 3. The second kappa shape index (κ2) is 10.0. The van der Waals surface area contributed by atoms with E-state index in [1.54, 1.807) is 41.3 Å². The van der Waals surface area contributed by atoms with Crippen LogP contribution in [0.15, 0.2) is 36.4 Å². The molecule has 0 radical (unpaired) electrons. The van der Waals surface area contributed by atoms with E-state index in [1.165, 1.54) is 28.3 Å². The first-order valence-electron chi connectivity index (χ1n) is 10.1. The van der Waals surface area contributed by atoms with Crippen LogP contribution in [0, 0.1) is 5.92 Å². The molecule has 0 saturated carbocycles. The van der Waals surface area contributed by atoms with Crippen LogP contribution in [0.25, 0.3) is 0 Å². The Labute approximate surface area is 186 Å². The number of rotatable bonds is 8. The van der Waals surface area contributed by atoms with Crippen molar-refractivity contribution in [3.63, 3.8) is 0 Å². The summed E-state index contributed by atoms with van der Waals surface area (Å²) in [4.78, 5) is 38.2. The Hall–Kier alpha value is -3.75. The second-order valence-electron chi connectivity index (χ2n) is 7.39. The Morgan fingerprint density at radius 3 is 2.34 bits per heavy atom. The van der Waals surface area contributed by atoms with Gasteiger partial charge in [0, 0.05) is 37.8 Å². The molecule has 3 rings (SSSR count). The summed E-state index contributed by atoms with van der Waals surface area (Å²) in [6, 6.07) is 10.5. The normalized spacial score (nSPS) is 15.3. The van der Waals surface area contributed by atoms with Crippen molar-refractivity contribution in [2.24, 2.45) is 5.92 Å². The number of ether oxygens (including phenoxy) is 3. The van der Waals surface area contributed by atoms with Gasteiger partial charge in [-0.05, 0) is 35.9 Å². The lowest BCUT2D eigenvalue weighted by Crippen LogP contribution is -2.32. The third-order valence-electron chi connectivity index (χ3n) is 5.17. The maximum atomic E-state index is 12.8. The van der Waals surface area contributed by atoms with Gasteiger partial charge in [-0.25, -0.2) is 0 Å². The van der Waals surface area contributed by atoms with Crippen LogP contribution in [-0.4, -0.2) is 45.6 Å². The molecule has 32 heavy (non-hydrogen) atoms. The molecule has 9 heteroatoms. The molecule has 9 nitrogen and oxygen atoms in total. The van der Waals surface area contributed by atoms with Crippen LogP contribution in [0.4, 0.5) is 11.4 Å². The number of hydrogen-bond donors (Lipinski definition) is 2. The van der Waals surface area contributed by atoms with Gasteiger partial charge >= 0.3 is 0 Å². The maximum Gasteiger partial charge on any atom is 0.227 e. The van der Waals surface area contributed by atoms with E-state index in [0.717, 1.165) is 5.56 Å². The number of nitrogens with one attached hydrogen (secondary N) is 2. The van der Waals surface area contributed by atoms with Crippen LogP contribution in [0.1, 0.15) is 18.9 Å². The highest BCUT2D eigenvalue weighted by atomic mass is 16.5. The molecule has 2 aromatic rings. The van der Waals surface area contributed by atoms with Crippen molar-refractivity contribution >= 4 is 29.1 Å². The zero-order chi connectivity index (χ0) is 23.3. The molecule has 1 aliphatic rings. The molecule has 1 fully saturated rings. The predicted molar refractivity (Wildman–Crippen MR) is 119 cm³/mol. The van der Waals surface area contributed by atoms with Crippen LogP contribution in [0.3, 0.4) is 0 Å². The van der Waals surface area contributed by atoms with Crippen molar-refractivity contribution in [3.8, 4) is 17.2 Å². The van der Waals surface area contributed by atoms with Crippen molar-refractivity contribution < 1.29 is 28.6 Å². The smallest absolute Gasteiger partial charge is 0.227 e. The van der Waals surface area contributed by atoms with E-state index < -0.39 is 5.92 Å². The van der Waals surface area contributed by atoms with Crippen molar-refractivity contribution in [1.29, 1.82) is 0 Å². The van der Waals surface area contributed by atoms with Gasteiger partial charge in [0.25, 0.3) is 0 Å². The van der Waals surface area contributed by atoms with Crippen LogP contribution in [-0.2, 0) is 20.9 Å². The first-order valence-corrected chi connectivity index (χ1v) is 10.1. The Morgan fingerprint density at radius 1 is 1.06 bits per heavy atom. The largest absolute Gasteiger partial charge is 0.493 e. The average Bonchev–Trinajstić information content (AvgIpc) is 3.18. The fourth-order valence-electron chi connectivity index (χ4n) is 3.66. The molecule has 2 aromatic carbocycles. The minimum absolute atomic E-state index is 0.117. The number of nitrogens with zero attached hydrogens (tertiary/aromatic N) is 1. The number of methoxy groups -OCH3 is 3. The van der Waals surface area contributed by atoms with Crippen LogP contribution < -0.4 is 29.7 Å². The lowest BCUT2D eigenvalue weighted by atomic mass is 10.1. The molecule has 0 aliphatic carbocycles. The van der Waals surface area contributed by atoms with Gasteiger partial charge in [-0.1, -0.05) is 6.07 Å². The van der Waals surface area contributed by atoms with Crippen LogP contribution in [0.5, 0.6) is 17.2 Å². The maximum absolute atomic E-state index is 12.8. The van der Waals surface area contributed by atoms with E-state index in [9.17, 15) is 14.4 Å². The second-order valence-corrected chi connectivity index (χ2v) is 7.39. The molecule has 0 bridgehead atoms. The molecule has 0 spiro atoms. The van der Waals surface area contributed by atoms with Gasteiger partial charge in [-0.15, -0.1) is 0 Å². The first kappa shape index (κ1) is 22.9. The van der Waals surface area contributed by atoms with Gasteiger partial charge in [0.15, 0.2) is 11.5 Å². The monoisotopic (exact) mass is 441 g/mol. The lowest BCUT2D eigenvalue weighted by Gasteiger charge is -2.18. The molecule has 1 heterocycles. The molecule has 1 saturated heterocycles. The zero-order valence-corrected chi connectivity index (χ0v) is 18.6. The Balaban J connectivity index is 1.66. The fraction of sp³-hybridized carbons (Fsp3) is 0.348. The van der Waals surface area contributed by atoms with Gasteiger partial charge < -0.3 is 29.7 Å². The molecule has 170 valence electrons. The van der Waals surface area contributed by atoms with Crippen LogP contribution >= 0.6 is 0 Å². The van der Waals surface area contributed by atoms with E-state index >= 15 is 0 Å². The molecule has 2 N–H and O–H groups in total. The highest BCUT2D eigenvalue weighted by Crippen LogP contribution is 2.38. The van der Waals surface area contributed by atoms with E-state index in [-0.39, 0.29) is 37.2 Å². The molecule has 1 atom stereocenters. The summed E-state index contributed by atoms with van der Waals surface area (Å²) in [5, 5.41) is 5.58. The van der Waals surface area contributed by atoms with E-state index in [4.69, 9.17) is 14.2 Å². The quantitative estimate of drug-likeness (QED) is 0.651. The number of carbonyl (C=O) groups is 3. The summed E-state index contributed by atoms with van der Waals surface area (Å²) in [6.07, 6.45) is 0.117. The highest BCUT2D eigenvalue weighted by Gasteiger charge is 2.35. The van der Waals surface area contributed by atoms with Crippen molar-refractivity contribution in [2.45, 2.75) is 19.9 Å². The summed E-state index contributed by atoms with van der Waals surface area (Å²) in [6.45, 7) is 1.93. The average molecular weight is 441 g/mol. The number of hydrogen-bond acceptors (Lipinski definition) is 6. The zero-order valence-electron chi connectivity index (χ0n) is 18.6. The van der Waals surface area contributed by atoms with Crippen molar-refractivity contribution in [1.82, 2.24) is 5.32 Å². The Morgan fingerprint density at radius 2 is 1.75 bits per heavy atom. The molecule has 1 aliphatic heterocycles. The Bertz CT molecular complexity index is 998. The minimum Gasteiger partial charge on any atom is -0.493 e. The standard InChI is InChI=1S/C23H27N3O6/c1-14(27)25-17-6-5-7-18(11-17)26-13-16(10-21(26)28)23(29)24-12-15-8-19(30-2)22(32-4)20(9-15)31-3/h5-9,11,16H,10,12-13H2,1-4H3,(H,24,29)(H,25,27)/t16-/m0/s1. The number of amides is 3. The summed E-state index contributed by atoms with van der Waals surface area (Å²) in [7, 11) is 4.58. The van der Waals surface area contributed by atoms with Crippen LogP contribution in [0.2, 0.25) is 0 Å². The lowest BCUT2D eigenvalue weighted by molar-refractivity contribution is -0.126. The van der Waals surface area contributed by atoms with Crippen molar-refractivity contribution in [3.05, 3.63) is 42.0 Å². The number of benzene rings is 2. The minimum atomic E-state index is -0.478. The molecular weight excluding hydrogens is 414 g/mol. The molecule has 0 aromatic heterocycles. The molecule has 0 unspecified atom stereocenters. The number of anilines is 2.